The lowest BCUT2D eigenvalue weighted by molar-refractivity contribution is -0.147. The average Bonchev–Trinajstić information content (AvgIpc) is 2.78. The van der Waals surface area contributed by atoms with E-state index in [0.29, 0.717) is 0 Å². The number of rotatable bonds is 4. The molecule has 1 amide bonds. The minimum Gasteiger partial charge on any atom is -0.368 e. The van der Waals surface area contributed by atoms with Crippen molar-refractivity contribution in [2.45, 2.75) is 45.3 Å². The van der Waals surface area contributed by atoms with E-state index < -0.39 is 5.60 Å². The van der Waals surface area contributed by atoms with Crippen LogP contribution in [0.4, 0.5) is 0 Å². The first kappa shape index (κ1) is 18.4. The van der Waals surface area contributed by atoms with Gasteiger partial charge in [-0.05, 0) is 58.3 Å². The van der Waals surface area contributed by atoms with Gasteiger partial charge in [-0.2, -0.15) is 0 Å². The third kappa shape index (κ3) is 3.97. The van der Waals surface area contributed by atoms with E-state index in [9.17, 15) is 4.79 Å². The Morgan fingerprint density at radius 3 is 2.52 bits per heavy atom. The number of carbonyl (C=O) groups excluding carboxylic acids is 1. The van der Waals surface area contributed by atoms with Gasteiger partial charge in [0.2, 0.25) is 0 Å². The van der Waals surface area contributed by atoms with Crippen molar-refractivity contribution in [3.8, 4) is 0 Å². The van der Waals surface area contributed by atoms with E-state index in [2.05, 4.69) is 30.5 Å². The van der Waals surface area contributed by atoms with Crippen molar-refractivity contribution < 1.29 is 9.53 Å². The number of ether oxygens (including phenoxy) is 1. The minimum atomic E-state index is -0.668. The molecule has 1 aromatic rings. The molecule has 120 valence electrons. The molecule has 1 saturated heterocycles. The lowest BCUT2D eigenvalue weighted by Crippen LogP contribution is -2.54. The molecule has 6 heteroatoms. The molecule has 2 heterocycles. The molecular weight excluding hydrogens is 308 g/mol. The van der Waals surface area contributed by atoms with Gasteiger partial charge in [-0.25, -0.2) is 0 Å². The Bertz CT molecular complexity index is 484. The number of thiophene rings is 1. The van der Waals surface area contributed by atoms with Crippen LogP contribution in [-0.4, -0.2) is 31.7 Å². The fourth-order valence-electron chi connectivity index (χ4n) is 2.84. The number of piperidine rings is 1. The predicted octanol–water partition coefficient (Wildman–Crippen LogP) is 2.73. The molecule has 0 aliphatic carbocycles. The molecule has 1 aromatic heterocycles. The molecule has 1 fully saturated rings. The third-order valence-electron chi connectivity index (χ3n) is 4.11. The molecule has 0 bridgehead atoms. The fraction of sp³-hybridized carbons (Fsp3) is 0.667. The largest absolute Gasteiger partial charge is 0.368 e. The van der Waals surface area contributed by atoms with Gasteiger partial charge in [-0.1, -0.05) is 0 Å². The summed E-state index contributed by atoms with van der Waals surface area (Å²) in [5.41, 5.74) is 0.541. The number of hydrogen-bond acceptors (Lipinski definition) is 4. The smallest absolute Gasteiger partial charge is 0.252 e. The fourth-order valence-corrected chi connectivity index (χ4v) is 3.86. The molecule has 2 rings (SSSR count). The van der Waals surface area contributed by atoms with Gasteiger partial charge in [0.25, 0.3) is 5.91 Å². The number of methoxy groups -OCH3 is 1. The van der Waals surface area contributed by atoms with Crippen LogP contribution in [0, 0.1) is 13.8 Å². The van der Waals surface area contributed by atoms with Gasteiger partial charge in [0.05, 0.1) is 6.04 Å². The van der Waals surface area contributed by atoms with Gasteiger partial charge in [0, 0.05) is 16.9 Å². The summed E-state index contributed by atoms with van der Waals surface area (Å²) in [7, 11) is 1.63. The monoisotopic (exact) mass is 332 g/mol. The van der Waals surface area contributed by atoms with Gasteiger partial charge in [0.1, 0.15) is 5.60 Å². The van der Waals surface area contributed by atoms with Crippen molar-refractivity contribution in [3.05, 3.63) is 21.4 Å². The number of halogens is 1. The summed E-state index contributed by atoms with van der Waals surface area (Å²) < 4.78 is 5.56. The molecule has 21 heavy (non-hydrogen) atoms. The van der Waals surface area contributed by atoms with Gasteiger partial charge in [0.15, 0.2) is 0 Å². The molecule has 0 aromatic carbocycles. The number of nitrogens with one attached hydrogen (secondary N) is 2. The quantitative estimate of drug-likeness (QED) is 0.891. The van der Waals surface area contributed by atoms with Gasteiger partial charge >= 0.3 is 0 Å². The van der Waals surface area contributed by atoms with Crippen LogP contribution in [0.5, 0.6) is 0 Å². The summed E-state index contributed by atoms with van der Waals surface area (Å²) >= 11 is 1.77. The van der Waals surface area contributed by atoms with Crippen LogP contribution in [0.1, 0.15) is 41.1 Å². The maximum absolute atomic E-state index is 12.6. The zero-order valence-electron chi connectivity index (χ0n) is 13.1. The van der Waals surface area contributed by atoms with Crippen molar-refractivity contribution in [2.24, 2.45) is 0 Å². The zero-order chi connectivity index (χ0) is 14.8. The van der Waals surface area contributed by atoms with E-state index in [1.165, 1.54) is 15.3 Å². The first-order valence-electron chi connectivity index (χ1n) is 7.12. The van der Waals surface area contributed by atoms with Crippen LogP contribution in [-0.2, 0) is 9.53 Å². The van der Waals surface area contributed by atoms with Crippen molar-refractivity contribution in [1.29, 1.82) is 0 Å². The van der Waals surface area contributed by atoms with Crippen LogP contribution >= 0.6 is 23.7 Å². The van der Waals surface area contributed by atoms with E-state index in [-0.39, 0.29) is 24.4 Å². The number of carbonyl (C=O) groups is 1. The van der Waals surface area contributed by atoms with E-state index in [1.54, 1.807) is 18.4 Å². The summed E-state index contributed by atoms with van der Waals surface area (Å²) in [5.74, 6) is 0.0113. The van der Waals surface area contributed by atoms with Gasteiger partial charge in [-0.15, -0.1) is 23.7 Å². The molecule has 1 atom stereocenters. The van der Waals surface area contributed by atoms with Crippen molar-refractivity contribution in [2.75, 3.05) is 20.2 Å². The third-order valence-corrected chi connectivity index (χ3v) is 5.09. The van der Waals surface area contributed by atoms with E-state index in [0.717, 1.165) is 25.9 Å². The van der Waals surface area contributed by atoms with E-state index in [1.807, 2.05) is 6.92 Å². The Balaban J connectivity index is 0.00000220. The molecule has 4 nitrogen and oxygen atoms in total. The number of aryl methyl sites for hydroxylation is 2. The molecule has 0 radical (unpaired) electrons. The highest BCUT2D eigenvalue weighted by Gasteiger charge is 2.40. The highest BCUT2D eigenvalue weighted by Crippen LogP contribution is 2.28. The minimum absolute atomic E-state index is 0. The molecule has 1 aliphatic rings. The van der Waals surface area contributed by atoms with E-state index in [4.69, 9.17) is 4.74 Å². The highest BCUT2D eigenvalue weighted by atomic mass is 35.5. The molecule has 1 unspecified atom stereocenters. The molecular formula is C15H25ClN2O2S. The van der Waals surface area contributed by atoms with Gasteiger partial charge < -0.3 is 15.4 Å². The first-order chi connectivity index (χ1) is 9.48. The summed E-state index contributed by atoms with van der Waals surface area (Å²) in [6.07, 6.45) is 1.45. The van der Waals surface area contributed by atoms with Crippen LogP contribution in [0.15, 0.2) is 6.07 Å². The molecule has 1 aliphatic heterocycles. The Morgan fingerprint density at radius 1 is 1.43 bits per heavy atom. The normalized spacial score (nSPS) is 18.7. The SMILES string of the molecule is COC1(C(=O)NC(C)c2cc(C)sc2C)CCNCC1.Cl. The Hall–Kier alpha value is -0.620. The summed E-state index contributed by atoms with van der Waals surface area (Å²) in [6.45, 7) is 7.89. The maximum Gasteiger partial charge on any atom is 0.252 e. The van der Waals surface area contributed by atoms with E-state index >= 15 is 0 Å². The average molecular weight is 333 g/mol. The number of amides is 1. The topological polar surface area (TPSA) is 50.4 Å². The standard InChI is InChI=1S/C15H24N2O2S.ClH/c1-10-9-13(12(3)20-10)11(2)17-14(18)15(19-4)5-7-16-8-6-15;/h9,11,16H,5-8H2,1-4H3,(H,17,18);1H. The van der Waals surface area contributed by atoms with Crippen molar-refractivity contribution >= 4 is 29.7 Å². The molecule has 0 spiro atoms. The van der Waals surface area contributed by atoms with Gasteiger partial charge in [-0.3, -0.25) is 4.79 Å². The molecule has 0 saturated carbocycles. The van der Waals surface area contributed by atoms with Crippen LogP contribution in [0.3, 0.4) is 0 Å². The summed E-state index contributed by atoms with van der Waals surface area (Å²) in [6, 6.07) is 2.18. The highest BCUT2D eigenvalue weighted by molar-refractivity contribution is 7.12. The van der Waals surface area contributed by atoms with Crippen LogP contribution < -0.4 is 10.6 Å². The number of hydrogen-bond donors (Lipinski definition) is 2. The Kier molecular flexibility index (Phi) is 6.66. The summed E-state index contributed by atoms with van der Waals surface area (Å²) in [5, 5.41) is 6.39. The first-order valence-corrected chi connectivity index (χ1v) is 7.94. The molecule has 2 N–H and O–H groups in total. The Morgan fingerprint density at radius 2 is 2.05 bits per heavy atom. The Labute approximate surface area is 137 Å². The predicted molar refractivity (Wildman–Crippen MR) is 89.4 cm³/mol. The summed E-state index contributed by atoms with van der Waals surface area (Å²) in [4.78, 5) is 15.1. The van der Waals surface area contributed by atoms with Crippen molar-refractivity contribution in [1.82, 2.24) is 10.6 Å². The van der Waals surface area contributed by atoms with Crippen molar-refractivity contribution in [3.63, 3.8) is 0 Å². The second-order valence-electron chi connectivity index (χ2n) is 5.51. The second-order valence-corrected chi connectivity index (χ2v) is 6.97. The second kappa shape index (κ2) is 7.58. The maximum atomic E-state index is 12.6. The lowest BCUT2D eigenvalue weighted by Gasteiger charge is -2.35. The zero-order valence-corrected chi connectivity index (χ0v) is 14.7. The van der Waals surface area contributed by atoms with Crippen LogP contribution in [0.25, 0.3) is 0 Å². The lowest BCUT2D eigenvalue weighted by atomic mass is 9.90. The van der Waals surface area contributed by atoms with Crippen LogP contribution in [0.2, 0.25) is 0 Å².